The van der Waals surface area contributed by atoms with Gasteiger partial charge in [-0.25, -0.2) is 15.0 Å². The molecule has 3 aromatic heterocycles. The van der Waals surface area contributed by atoms with Crippen LogP contribution in [0.1, 0.15) is 66.2 Å². The van der Waals surface area contributed by atoms with Gasteiger partial charge in [-0.2, -0.15) is 0 Å². The lowest BCUT2D eigenvalue weighted by Crippen LogP contribution is -2.44. The number of rotatable bonds is 5. The maximum Gasteiger partial charge on any atom is 0.255 e. The molecule has 5 heterocycles. The monoisotopic (exact) mass is 455 g/mol. The number of aromatic nitrogens is 3. The van der Waals surface area contributed by atoms with Crippen LogP contribution in [0.2, 0.25) is 0 Å². The number of anilines is 2. The molecule has 2 N–H and O–H groups in total. The minimum atomic E-state index is -0.584. The third kappa shape index (κ3) is 3.97. The fraction of sp³-hybridized carbons (Fsp3) is 0.455. The topological polar surface area (TPSA) is 91.2 Å². The Labute approximate surface area is 189 Å². The third-order valence-electron chi connectivity index (χ3n) is 6.08. The molecule has 3 atom stereocenters. The van der Waals surface area contributed by atoms with Gasteiger partial charge in [0.05, 0.1) is 21.8 Å². The molecule has 3 aromatic rings. The lowest BCUT2D eigenvalue weighted by Gasteiger charge is -2.34. The summed E-state index contributed by atoms with van der Waals surface area (Å²) in [6.45, 7) is 3.64. The Bertz CT molecular complexity index is 1080. The number of hydrogen-bond acceptors (Lipinski definition) is 8. The van der Waals surface area contributed by atoms with Crippen molar-refractivity contribution >= 4 is 39.5 Å². The average molecular weight is 456 g/mol. The minimum absolute atomic E-state index is 0.109. The number of amides is 1. The third-order valence-corrected chi connectivity index (χ3v) is 8.19. The molecule has 7 nitrogen and oxygen atoms in total. The van der Waals surface area contributed by atoms with E-state index in [4.69, 9.17) is 0 Å². The molecule has 0 radical (unpaired) electrons. The van der Waals surface area contributed by atoms with Crippen LogP contribution in [0.3, 0.4) is 0 Å². The number of aryl methyl sites for hydroxylation is 1. The molecule has 0 aliphatic carbocycles. The maximum absolute atomic E-state index is 13.0. The summed E-state index contributed by atoms with van der Waals surface area (Å²) in [6.07, 6.45) is 6.83. The Morgan fingerprint density at radius 2 is 2.00 bits per heavy atom. The Morgan fingerprint density at radius 3 is 2.65 bits per heavy atom. The number of hydrogen-bond donors (Lipinski definition) is 2. The smallest absolute Gasteiger partial charge is 0.255 e. The summed E-state index contributed by atoms with van der Waals surface area (Å²) < 4.78 is 0. The lowest BCUT2D eigenvalue weighted by molar-refractivity contribution is 0.0595. The van der Waals surface area contributed by atoms with Crippen molar-refractivity contribution in [3.05, 3.63) is 40.0 Å². The molecule has 0 spiro atoms. The zero-order valence-electron chi connectivity index (χ0n) is 17.5. The molecule has 0 aromatic carbocycles. The zero-order valence-corrected chi connectivity index (χ0v) is 19.2. The van der Waals surface area contributed by atoms with Gasteiger partial charge in [-0.3, -0.25) is 4.79 Å². The Hall–Kier alpha value is -2.36. The predicted octanol–water partition coefficient (Wildman–Crippen LogP) is 4.92. The molecule has 2 fully saturated rings. The molecule has 2 bridgehead atoms. The van der Waals surface area contributed by atoms with Gasteiger partial charge in [0.1, 0.15) is 16.9 Å². The van der Waals surface area contributed by atoms with E-state index >= 15 is 0 Å². The van der Waals surface area contributed by atoms with Crippen LogP contribution in [0.5, 0.6) is 0 Å². The van der Waals surface area contributed by atoms with E-state index in [9.17, 15) is 9.90 Å². The van der Waals surface area contributed by atoms with Gasteiger partial charge < -0.3 is 15.3 Å². The van der Waals surface area contributed by atoms with Crippen molar-refractivity contribution in [1.82, 2.24) is 19.9 Å². The Kier molecular flexibility index (Phi) is 5.49. The first kappa shape index (κ1) is 20.5. The Morgan fingerprint density at radius 1 is 1.23 bits per heavy atom. The average Bonchev–Trinajstić information content (AvgIpc) is 3.44. The number of pyridine rings is 1. The van der Waals surface area contributed by atoms with E-state index in [2.05, 4.69) is 25.2 Å². The normalized spacial score (nSPS) is 21.3. The molecule has 1 unspecified atom stereocenters. The number of carbonyl (C=O) groups excluding carboxylic acids is 1. The van der Waals surface area contributed by atoms with Crippen LogP contribution in [0.15, 0.2) is 23.7 Å². The van der Waals surface area contributed by atoms with Crippen molar-refractivity contribution in [2.24, 2.45) is 0 Å². The fourth-order valence-corrected chi connectivity index (χ4v) is 6.32. The van der Waals surface area contributed by atoms with Crippen LogP contribution in [0.25, 0.3) is 10.6 Å². The molecule has 0 saturated carbocycles. The second-order valence-corrected chi connectivity index (χ2v) is 10.2. The van der Waals surface area contributed by atoms with Crippen LogP contribution in [-0.4, -0.2) is 42.9 Å². The second-order valence-electron chi connectivity index (χ2n) is 8.27. The van der Waals surface area contributed by atoms with Gasteiger partial charge >= 0.3 is 0 Å². The molecular weight excluding hydrogens is 430 g/mol. The van der Waals surface area contributed by atoms with Gasteiger partial charge in [0.15, 0.2) is 5.13 Å². The van der Waals surface area contributed by atoms with Crippen molar-refractivity contribution in [3.63, 3.8) is 0 Å². The quantitative estimate of drug-likeness (QED) is 0.567. The van der Waals surface area contributed by atoms with Crippen molar-refractivity contribution in [2.75, 3.05) is 5.32 Å². The summed E-state index contributed by atoms with van der Waals surface area (Å²) in [5, 5.41) is 16.4. The molecule has 2 aliphatic heterocycles. The molecule has 5 rings (SSSR count). The highest BCUT2D eigenvalue weighted by Gasteiger charge is 2.39. The lowest BCUT2D eigenvalue weighted by atomic mass is 10.0. The summed E-state index contributed by atoms with van der Waals surface area (Å²) in [5.74, 6) is 0.766. The van der Waals surface area contributed by atoms with Gasteiger partial charge in [0.2, 0.25) is 0 Å². The molecule has 2 saturated heterocycles. The highest BCUT2D eigenvalue weighted by atomic mass is 32.1. The van der Waals surface area contributed by atoms with E-state index in [0.29, 0.717) is 28.5 Å². The van der Waals surface area contributed by atoms with E-state index in [1.165, 1.54) is 29.1 Å². The van der Waals surface area contributed by atoms with Crippen LogP contribution in [0, 0.1) is 6.92 Å². The number of piperidine rings is 1. The van der Waals surface area contributed by atoms with Crippen molar-refractivity contribution in [1.29, 1.82) is 0 Å². The predicted molar refractivity (Wildman–Crippen MR) is 123 cm³/mol. The molecule has 1 amide bonds. The van der Waals surface area contributed by atoms with E-state index in [1.807, 2.05) is 24.4 Å². The maximum atomic E-state index is 13.0. The van der Waals surface area contributed by atoms with Gasteiger partial charge in [0, 0.05) is 23.7 Å². The number of aliphatic hydroxyl groups excluding tert-OH is 1. The first-order valence-electron chi connectivity index (χ1n) is 10.7. The van der Waals surface area contributed by atoms with E-state index < -0.39 is 6.10 Å². The van der Waals surface area contributed by atoms with E-state index in [0.717, 1.165) is 47.1 Å². The summed E-state index contributed by atoms with van der Waals surface area (Å²) in [5.41, 5.74) is 2.35. The largest absolute Gasteiger partial charge is 0.386 e. The number of aliphatic hydroxyl groups is 1. The number of nitrogens with one attached hydrogen (secondary N) is 1. The van der Waals surface area contributed by atoms with Crippen molar-refractivity contribution < 1.29 is 9.90 Å². The molecule has 31 heavy (non-hydrogen) atoms. The van der Waals surface area contributed by atoms with Crippen LogP contribution in [-0.2, 0) is 0 Å². The Balaban J connectivity index is 1.28. The summed E-state index contributed by atoms with van der Waals surface area (Å²) in [4.78, 5) is 29.6. The van der Waals surface area contributed by atoms with E-state index in [1.54, 1.807) is 13.1 Å². The van der Waals surface area contributed by atoms with Crippen LogP contribution in [0.4, 0.5) is 10.9 Å². The first-order chi connectivity index (χ1) is 15.0. The van der Waals surface area contributed by atoms with Gasteiger partial charge in [-0.15, -0.1) is 22.7 Å². The highest BCUT2D eigenvalue weighted by molar-refractivity contribution is 7.17. The van der Waals surface area contributed by atoms with Crippen molar-refractivity contribution in [3.8, 4) is 10.6 Å². The van der Waals surface area contributed by atoms with Gasteiger partial charge in [-0.1, -0.05) is 0 Å². The number of thiazole rings is 2. The van der Waals surface area contributed by atoms with Gasteiger partial charge in [-0.05, 0) is 58.1 Å². The minimum Gasteiger partial charge on any atom is -0.386 e. The zero-order chi connectivity index (χ0) is 21.5. The van der Waals surface area contributed by atoms with Crippen molar-refractivity contribution in [2.45, 2.75) is 64.1 Å². The van der Waals surface area contributed by atoms with E-state index in [-0.39, 0.29) is 5.91 Å². The van der Waals surface area contributed by atoms with Gasteiger partial charge in [0.25, 0.3) is 5.91 Å². The van der Waals surface area contributed by atoms with Crippen LogP contribution >= 0.6 is 22.7 Å². The molecule has 2 aliphatic rings. The molecule has 162 valence electrons. The summed E-state index contributed by atoms with van der Waals surface area (Å²) in [6, 6.07) is 4.50. The fourth-order valence-electron chi connectivity index (χ4n) is 4.57. The summed E-state index contributed by atoms with van der Waals surface area (Å²) >= 11 is 2.95. The first-order valence-corrected chi connectivity index (χ1v) is 12.4. The summed E-state index contributed by atoms with van der Waals surface area (Å²) in [7, 11) is 0. The molecular formula is C22H25N5O2S2. The number of carbonyl (C=O) groups is 1. The second kappa shape index (κ2) is 8.29. The molecule has 9 heteroatoms. The van der Waals surface area contributed by atoms with Crippen LogP contribution < -0.4 is 5.32 Å². The number of nitrogens with zero attached hydrogens (tertiary/aromatic N) is 4. The SMILES string of the molecule is Cc1nc(C(C)O)sc1-c1csc(Nc2ccc(C(=O)N3[C@@H]4CCC[C@H]3CC4)cn2)n1. The standard InChI is InChI=1S/C22H25N5O2S2/c1-12-19(31-20(24-12)13(2)28)17-11-30-22(25-17)26-18-9-6-14(10-23-18)21(29)27-15-4-3-5-16(27)8-7-15/h6,9-11,13,15-16,28H,3-5,7-8H2,1-2H3,(H,23,25,26)/t13?,15-,16+. The highest BCUT2D eigenvalue weighted by Crippen LogP contribution is 2.37. The number of fused-ring (bicyclic) bond motifs is 2.